The van der Waals surface area contributed by atoms with Gasteiger partial charge in [0.15, 0.2) is 0 Å². The number of amides is 1. The molecular formula is C11H13FN2O2. The van der Waals surface area contributed by atoms with Crippen LogP contribution in [-0.4, -0.2) is 25.3 Å². The van der Waals surface area contributed by atoms with Crippen molar-refractivity contribution in [2.45, 2.75) is 12.5 Å². The Balaban J connectivity index is 2.22. The number of rotatable bonds is 3. The number of hydrogen-bond donors (Lipinski definition) is 1. The van der Waals surface area contributed by atoms with Gasteiger partial charge < -0.3 is 10.5 Å². The lowest BCUT2D eigenvalue weighted by Gasteiger charge is -2.20. The predicted octanol–water partition coefficient (Wildman–Crippen LogP) is 1.50. The van der Waals surface area contributed by atoms with Crippen molar-refractivity contribution in [1.29, 1.82) is 0 Å². The van der Waals surface area contributed by atoms with Gasteiger partial charge in [-0.1, -0.05) is 0 Å². The van der Waals surface area contributed by atoms with Crippen LogP contribution in [0.15, 0.2) is 24.3 Å². The maximum Gasteiger partial charge on any atom is 0.414 e. The predicted molar refractivity (Wildman–Crippen MR) is 57.7 cm³/mol. The van der Waals surface area contributed by atoms with Gasteiger partial charge in [-0.3, -0.25) is 4.90 Å². The molecule has 0 radical (unpaired) electrons. The minimum Gasteiger partial charge on any atom is -0.447 e. The summed E-state index contributed by atoms with van der Waals surface area (Å²) < 4.78 is 17.7. The summed E-state index contributed by atoms with van der Waals surface area (Å²) in [5.41, 5.74) is 6.11. The molecule has 1 heterocycles. The molecule has 5 heteroatoms. The van der Waals surface area contributed by atoms with E-state index in [2.05, 4.69) is 0 Å². The first-order valence-electron chi connectivity index (χ1n) is 5.14. The zero-order valence-corrected chi connectivity index (χ0v) is 8.73. The Morgan fingerprint density at radius 2 is 2.12 bits per heavy atom. The number of nitrogens with two attached hydrogens (primary N) is 1. The van der Waals surface area contributed by atoms with E-state index in [4.69, 9.17) is 10.5 Å². The van der Waals surface area contributed by atoms with Gasteiger partial charge in [-0.25, -0.2) is 9.18 Å². The van der Waals surface area contributed by atoms with E-state index in [-0.39, 0.29) is 11.9 Å². The molecule has 4 nitrogen and oxygen atoms in total. The number of benzene rings is 1. The first-order chi connectivity index (χ1) is 7.72. The topological polar surface area (TPSA) is 55.6 Å². The van der Waals surface area contributed by atoms with Crippen molar-refractivity contribution in [2.75, 3.05) is 18.1 Å². The van der Waals surface area contributed by atoms with Gasteiger partial charge in [-0.2, -0.15) is 0 Å². The van der Waals surface area contributed by atoms with Gasteiger partial charge in [-0.15, -0.1) is 0 Å². The van der Waals surface area contributed by atoms with E-state index in [0.717, 1.165) is 0 Å². The van der Waals surface area contributed by atoms with Gasteiger partial charge in [0.05, 0.1) is 6.04 Å². The van der Waals surface area contributed by atoms with Crippen molar-refractivity contribution in [2.24, 2.45) is 5.73 Å². The van der Waals surface area contributed by atoms with Crippen LogP contribution in [0, 0.1) is 5.82 Å². The van der Waals surface area contributed by atoms with Gasteiger partial charge >= 0.3 is 6.09 Å². The SMILES string of the molecule is NCCC1COC(=O)N1c1ccc(F)cc1. The molecule has 1 atom stereocenters. The van der Waals surface area contributed by atoms with Crippen LogP contribution in [0.4, 0.5) is 14.9 Å². The average molecular weight is 224 g/mol. The van der Waals surface area contributed by atoms with Crippen molar-refractivity contribution in [3.05, 3.63) is 30.1 Å². The number of nitrogens with zero attached hydrogens (tertiary/aromatic N) is 1. The molecule has 0 spiro atoms. The highest BCUT2D eigenvalue weighted by atomic mass is 19.1. The zero-order chi connectivity index (χ0) is 11.5. The second-order valence-electron chi connectivity index (χ2n) is 3.65. The van der Waals surface area contributed by atoms with Gasteiger partial charge in [-0.05, 0) is 37.2 Å². The Morgan fingerprint density at radius 3 is 2.75 bits per heavy atom. The molecule has 1 saturated heterocycles. The molecule has 0 bridgehead atoms. The molecule has 0 aliphatic carbocycles. The minimum absolute atomic E-state index is 0.0528. The second kappa shape index (κ2) is 4.49. The van der Waals surface area contributed by atoms with Crippen molar-refractivity contribution in [3.63, 3.8) is 0 Å². The van der Waals surface area contributed by atoms with Gasteiger partial charge in [0, 0.05) is 5.69 Å². The molecule has 1 aliphatic heterocycles. The molecule has 86 valence electrons. The van der Waals surface area contributed by atoms with E-state index >= 15 is 0 Å². The van der Waals surface area contributed by atoms with E-state index in [9.17, 15) is 9.18 Å². The maximum absolute atomic E-state index is 12.8. The molecule has 1 aromatic carbocycles. The van der Waals surface area contributed by atoms with E-state index in [1.165, 1.54) is 17.0 Å². The first-order valence-corrected chi connectivity index (χ1v) is 5.14. The number of hydrogen-bond acceptors (Lipinski definition) is 3. The number of halogens is 1. The normalized spacial score (nSPS) is 20.0. The minimum atomic E-state index is -0.398. The highest BCUT2D eigenvalue weighted by Crippen LogP contribution is 2.24. The molecule has 1 aromatic rings. The van der Waals surface area contributed by atoms with Crippen LogP contribution in [0.2, 0.25) is 0 Å². The Kier molecular flexibility index (Phi) is 3.05. The summed E-state index contributed by atoms with van der Waals surface area (Å²) >= 11 is 0. The highest BCUT2D eigenvalue weighted by Gasteiger charge is 2.33. The third-order valence-electron chi connectivity index (χ3n) is 2.57. The molecule has 1 fully saturated rings. The molecule has 2 rings (SSSR count). The fourth-order valence-corrected chi connectivity index (χ4v) is 1.78. The van der Waals surface area contributed by atoms with Crippen LogP contribution in [0.3, 0.4) is 0 Å². The monoisotopic (exact) mass is 224 g/mol. The Bertz CT molecular complexity index is 380. The summed E-state index contributed by atoms with van der Waals surface area (Å²) in [7, 11) is 0. The van der Waals surface area contributed by atoms with Crippen LogP contribution in [0.1, 0.15) is 6.42 Å². The number of carbonyl (C=O) groups is 1. The van der Waals surface area contributed by atoms with Crippen LogP contribution in [0.25, 0.3) is 0 Å². The van der Waals surface area contributed by atoms with Crippen molar-refractivity contribution >= 4 is 11.8 Å². The third-order valence-corrected chi connectivity index (χ3v) is 2.57. The Labute approximate surface area is 92.8 Å². The van der Waals surface area contributed by atoms with Gasteiger partial charge in [0.2, 0.25) is 0 Å². The van der Waals surface area contributed by atoms with Crippen molar-refractivity contribution < 1.29 is 13.9 Å². The van der Waals surface area contributed by atoms with Crippen LogP contribution < -0.4 is 10.6 Å². The standard InChI is InChI=1S/C11H13FN2O2/c12-8-1-3-9(4-2-8)14-10(5-6-13)7-16-11(14)15/h1-4,10H,5-7,13H2. The summed E-state index contributed by atoms with van der Waals surface area (Å²) in [6, 6.07) is 5.71. The van der Waals surface area contributed by atoms with Gasteiger partial charge in [0.25, 0.3) is 0 Å². The largest absolute Gasteiger partial charge is 0.447 e. The molecule has 1 amide bonds. The summed E-state index contributed by atoms with van der Waals surface area (Å²) in [6.45, 7) is 0.826. The van der Waals surface area contributed by atoms with Crippen LogP contribution in [0.5, 0.6) is 0 Å². The second-order valence-corrected chi connectivity index (χ2v) is 3.65. The average Bonchev–Trinajstić information content (AvgIpc) is 2.62. The number of anilines is 1. The highest BCUT2D eigenvalue weighted by molar-refractivity contribution is 5.90. The number of carbonyl (C=O) groups excluding carboxylic acids is 1. The Hall–Kier alpha value is -1.62. The lowest BCUT2D eigenvalue weighted by molar-refractivity contribution is 0.178. The lowest BCUT2D eigenvalue weighted by atomic mass is 10.2. The Morgan fingerprint density at radius 1 is 1.44 bits per heavy atom. The summed E-state index contributed by atoms with van der Waals surface area (Å²) in [4.78, 5) is 13.0. The smallest absolute Gasteiger partial charge is 0.414 e. The number of cyclic esters (lactones) is 1. The maximum atomic E-state index is 12.8. The molecule has 1 unspecified atom stereocenters. The fraction of sp³-hybridized carbons (Fsp3) is 0.364. The summed E-state index contributed by atoms with van der Waals surface area (Å²) in [5, 5.41) is 0. The zero-order valence-electron chi connectivity index (χ0n) is 8.73. The molecule has 16 heavy (non-hydrogen) atoms. The molecule has 1 aliphatic rings. The fourth-order valence-electron chi connectivity index (χ4n) is 1.78. The van der Waals surface area contributed by atoms with Crippen LogP contribution >= 0.6 is 0 Å². The molecular weight excluding hydrogens is 211 g/mol. The number of ether oxygens (including phenoxy) is 1. The molecule has 0 saturated carbocycles. The first kappa shape index (κ1) is 10.9. The molecule has 0 aromatic heterocycles. The van der Waals surface area contributed by atoms with Crippen LogP contribution in [-0.2, 0) is 4.74 Å². The summed E-state index contributed by atoms with van der Waals surface area (Å²) in [6.07, 6.45) is 0.272. The van der Waals surface area contributed by atoms with Crippen molar-refractivity contribution in [3.8, 4) is 0 Å². The van der Waals surface area contributed by atoms with Gasteiger partial charge in [0.1, 0.15) is 12.4 Å². The molecule has 2 N–H and O–H groups in total. The lowest BCUT2D eigenvalue weighted by Crippen LogP contribution is -2.34. The third kappa shape index (κ3) is 1.99. The van der Waals surface area contributed by atoms with E-state index in [1.54, 1.807) is 12.1 Å². The van der Waals surface area contributed by atoms with Crippen molar-refractivity contribution in [1.82, 2.24) is 0 Å². The summed E-state index contributed by atoms with van der Waals surface area (Å²) in [5.74, 6) is -0.327. The van der Waals surface area contributed by atoms with E-state index in [1.807, 2.05) is 0 Å². The van der Waals surface area contributed by atoms with E-state index in [0.29, 0.717) is 25.3 Å². The quantitative estimate of drug-likeness (QED) is 0.846. The van der Waals surface area contributed by atoms with E-state index < -0.39 is 6.09 Å².